The van der Waals surface area contributed by atoms with E-state index in [9.17, 15) is 18.4 Å². The van der Waals surface area contributed by atoms with E-state index in [2.05, 4.69) is 10.4 Å². The van der Waals surface area contributed by atoms with E-state index in [1.165, 1.54) is 24.4 Å². The first kappa shape index (κ1) is 20.2. The van der Waals surface area contributed by atoms with E-state index < -0.39 is 34.6 Å². The topological polar surface area (TPSA) is 84.2 Å². The Hall–Kier alpha value is -3.55. The first-order chi connectivity index (χ1) is 13.6. The van der Waals surface area contributed by atoms with Crippen molar-refractivity contribution in [3.8, 4) is 11.3 Å². The number of anilines is 1. The average molecular weight is 399 g/mol. The van der Waals surface area contributed by atoms with Crippen molar-refractivity contribution in [1.29, 1.82) is 0 Å². The Morgan fingerprint density at radius 3 is 2.28 bits per heavy atom. The Bertz CT molecular complexity index is 1080. The average Bonchev–Trinajstić information content (AvgIpc) is 3.09. The molecule has 0 atom stereocenters. The minimum Gasteiger partial charge on any atom is -0.478 e. The molecule has 6 nitrogen and oxygen atoms in total. The van der Waals surface area contributed by atoms with Gasteiger partial charge in [0, 0.05) is 11.3 Å². The number of benzene rings is 2. The van der Waals surface area contributed by atoms with Crippen molar-refractivity contribution < 1.29 is 23.5 Å². The van der Waals surface area contributed by atoms with Crippen molar-refractivity contribution in [2.75, 3.05) is 5.32 Å². The number of hydrogen-bond acceptors (Lipinski definition) is 3. The summed E-state index contributed by atoms with van der Waals surface area (Å²) in [6.45, 7) is 5.73. The van der Waals surface area contributed by atoms with Gasteiger partial charge in [-0.05, 0) is 63.2 Å². The van der Waals surface area contributed by atoms with Crippen molar-refractivity contribution in [2.24, 2.45) is 0 Å². The van der Waals surface area contributed by atoms with E-state index in [4.69, 9.17) is 5.11 Å². The predicted molar refractivity (Wildman–Crippen MR) is 104 cm³/mol. The highest BCUT2D eigenvalue weighted by atomic mass is 19.1. The van der Waals surface area contributed by atoms with Gasteiger partial charge in [-0.3, -0.25) is 9.48 Å². The summed E-state index contributed by atoms with van der Waals surface area (Å²) in [6, 6.07) is 8.95. The molecule has 0 saturated heterocycles. The van der Waals surface area contributed by atoms with Crippen LogP contribution in [0.25, 0.3) is 11.3 Å². The molecule has 0 saturated carbocycles. The summed E-state index contributed by atoms with van der Waals surface area (Å²) in [7, 11) is 0. The molecule has 0 aliphatic rings. The molecule has 0 aliphatic heterocycles. The first-order valence-electron chi connectivity index (χ1n) is 8.76. The number of halogens is 2. The third-order valence-corrected chi connectivity index (χ3v) is 4.22. The van der Waals surface area contributed by atoms with Crippen LogP contribution in [0.15, 0.2) is 48.7 Å². The van der Waals surface area contributed by atoms with Gasteiger partial charge < -0.3 is 10.4 Å². The molecule has 0 aliphatic carbocycles. The number of aromatic carboxylic acids is 1. The molecule has 8 heteroatoms. The van der Waals surface area contributed by atoms with Gasteiger partial charge in [0.2, 0.25) is 0 Å². The number of aromatic nitrogens is 2. The minimum atomic E-state index is -1.44. The van der Waals surface area contributed by atoms with Gasteiger partial charge in [0.1, 0.15) is 11.6 Å². The highest BCUT2D eigenvalue weighted by molar-refractivity contribution is 6.08. The largest absolute Gasteiger partial charge is 0.478 e. The summed E-state index contributed by atoms with van der Waals surface area (Å²) < 4.78 is 28.6. The standard InChI is InChI=1S/C21H19F2N3O3/c1-21(2,3)26-18(12-4-6-13(22)7-5-12)16(11-24-26)19(27)25-14-8-9-17(23)15(10-14)20(28)29/h4-11H,1-3H3,(H,25,27)(H,28,29). The molecule has 3 aromatic rings. The van der Waals surface area contributed by atoms with Crippen LogP contribution in [-0.2, 0) is 5.54 Å². The van der Waals surface area contributed by atoms with E-state index in [-0.39, 0.29) is 11.3 Å². The lowest BCUT2D eigenvalue weighted by Gasteiger charge is -2.23. The van der Waals surface area contributed by atoms with Gasteiger partial charge in [0.15, 0.2) is 0 Å². The third-order valence-electron chi connectivity index (χ3n) is 4.22. The second kappa shape index (κ2) is 7.46. The summed E-state index contributed by atoms with van der Waals surface area (Å²) in [5.74, 6) is -3.30. The Morgan fingerprint density at radius 1 is 1.03 bits per heavy atom. The highest BCUT2D eigenvalue weighted by Gasteiger charge is 2.25. The minimum absolute atomic E-state index is 0.127. The van der Waals surface area contributed by atoms with Crippen LogP contribution in [0, 0.1) is 11.6 Å². The van der Waals surface area contributed by atoms with Crippen LogP contribution in [0.1, 0.15) is 41.5 Å². The van der Waals surface area contributed by atoms with E-state index in [0.29, 0.717) is 11.3 Å². The number of hydrogen-bond donors (Lipinski definition) is 2. The molecule has 0 unspecified atom stereocenters. The van der Waals surface area contributed by atoms with Crippen molar-refractivity contribution in [3.05, 3.63) is 71.4 Å². The summed E-state index contributed by atoms with van der Waals surface area (Å²) >= 11 is 0. The van der Waals surface area contributed by atoms with Crippen LogP contribution >= 0.6 is 0 Å². The van der Waals surface area contributed by atoms with E-state index in [1.54, 1.807) is 16.8 Å². The second-order valence-corrected chi connectivity index (χ2v) is 7.45. The SMILES string of the molecule is CC(C)(C)n1ncc(C(=O)Nc2ccc(F)c(C(=O)O)c2)c1-c1ccc(F)cc1. The Kier molecular flexibility index (Phi) is 5.19. The zero-order valence-corrected chi connectivity index (χ0v) is 16.0. The second-order valence-electron chi connectivity index (χ2n) is 7.45. The van der Waals surface area contributed by atoms with E-state index in [1.807, 2.05) is 20.8 Å². The molecular weight excluding hydrogens is 380 g/mol. The van der Waals surface area contributed by atoms with Gasteiger partial charge in [-0.25, -0.2) is 13.6 Å². The maximum absolute atomic E-state index is 13.6. The number of carboxylic acids is 1. The molecule has 3 rings (SSSR count). The summed E-state index contributed by atoms with van der Waals surface area (Å²) in [5, 5.41) is 15.9. The zero-order valence-electron chi connectivity index (χ0n) is 16.0. The number of rotatable bonds is 4. The maximum atomic E-state index is 13.6. The van der Waals surface area contributed by atoms with Crippen molar-refractivity contribution >= 4 is 17.6 Å². The molecule has 0 bridgehead atoms. The molecule has 2 aromatic carbocycles. The lowest BCUT2D eigenvalue weighted by Crippen LogP contribution is -2.24. The summed E-state index contributed by atoms with van der Waals surface area (Å²) in [4.78, 5) is 24.0. The van der Waals surface area contributed by atoms with Crippen molar-refractivity contribution in [1.82, 2.24) is 9.78 Å². The monoisotopic (exact) mass is 399 g/mol. The molecule has 1 heterocycles. The lowest BCUT2D eigenvalue weighted by atomic mass is 10.0. The van der Waals surface area contributed by atoms with Crippen LogP contribution < -0.4 is 5.32 Å². The molecular formula is C21H19F2N3O3. The Labute approximate surface area is 165 Å². The molecule has 150 valence electrons. The van der Waals surface area contributed by atoms with E-state index in [0.717, 1.165) is 12.1 Å². The van der Waals surface area contributed by atoms with E-state index >= 15 is 0 Å². The number of nitrogens with one attached hydrogen (secondary N) is 1. The van der Waals surface area contributed by atoms with Gasteiger partial charge >= 0.3 is 5.97 Å². The summed E-state index contributed by atoms with van der Waals surface area (Å²) in [5.41, 5.74) is 0.404. The first-order valence-corrected chi connectivity index (χ1v) is 8.76. The quantitative estimate of drug-likeness (QED) is 0.675. The Balaban J connectivity index is 2.04. The predicted octanol–water partition coefficient (Wildman–Crippen LogP) is 4.53. The lowest BCUT2D eigenvalue weighted by molar-refractivity contribution is 0.0691. The molecule has 1 aromatic heterocycles. The van der Waals surface area contributed by atoms with Gasteiger partial charge in [-0.1, -0.05) is 0 Å². The number of carbonyl (C=O) groups excluding carboxylic acids is 1. The zero-order chi connectivity index (χ0) is 21.3. The van der Waals surface area contributed by atoms with Crippen molar-refractivity contribution in [3.63, 3.8) is 0 Å². The normalized spacial score (nSPS) is 11.3. The molecule has 1 amide bonds. The van der Waals surface area contributed by atoms with Crippen molar-refractivity contribution in [2.45, 2.75) is 26.3 Å². The fourth-order valence-corrected chi connectivity index (χ4v) is 2.87. The van der Waals surface area contributed by atoms with Crippen LogP contribution in [0.3, 0.4) is 0 Å². The molecule has 0 fully saturated rings. The Morgan fingerprint density at radius 2 is 1.69 bits per heavy atom. The molecule has 2 N–H and O–H groups in total. The highest BCUT2D eigenvalue weighted by Crippen LogP contribution is 2.30. The van der Waals surface area contributed by atoms with Crippen LogP contribution in [0.4, 0.5) is 14.5 Å². The fourth-order valence-electron chi connectivity index (χ4n) is 2.87. The molecule has 29 heavy (non-hydrogen) atoms. The number of amides is 1. The van der Waals surface area contributed by atoms with Crippen LogP contribution in [-0.4, -0.2) is 26.8 Å². The number of carbonyl (C=O) groups is 2. The molecule has 0 spiro atoms. The van der Waals surface area contributed by atoms with Gasteiger partial charge in [0.05, 0.1) is 28.6 Å². The fraction of sp³-hybridized carbons (Fsp3) is 0.190. The summed E-state index contributed by atoms with van der Waals surface area (Å²) in [6.07, 6.45) is 1.39. The maximum Gasteiger partial charge on any atom is 0.338 e. The van der Waals surface area contributed by atoms with Crippen LogP contribution in [0.2, 0.25) is 0 Å². The number of nitrogens with zero attached hydrogens (tertiary/aromatic N) is 2. The molecule has 0 radical (unpaired) electrons. The van der Waals surface area contributed by atoms with Gasteiger partial charge in [-0.2, -0.15) is 5.10 Å². The van der Waals surface area contributed by atoms with Gasteiger partial charge in [-0.15, -0.1) is 0 Å². The van der Waals surface area contributed by atoms with Gasteiger partial charge in [0.25, 0.3) is 5.91 Å². The van der Waals surface area contributed by atoms with Crippen LogP contribution in [0.5, 0.6) is 0 Å². The number of carboxylic acid groups (broad SMARTS) is 1. The third kappa shape index (κ3) is 4.16. The smallest absolute Gasteiger partial charge is 0.338 e.